The Morgan fingerprint density at radius 2 is 2.14 bits per heavy atom. The van der Waals surface area contributed by atoms with Crippen LogP contribution in [0, 0.1) is 16.0 Å². The van der Waals surface area contributed by atoms with Crippen molar-refractivity contribution < 1.29 is 19.6 Å². The first-order chi connectivity index (χ1) is 6.34. The molecule has 0 aromatic carbocycles. The molecule has 0 spiro atoms. The lowest BCUT2D eigenvalue weighted by Crippen LogP contribution is -2.50. The molecule has 0 heterocycles. The van der Waals surface area contributed by atoms with Crippen LogP contribution in [0.2, 0.25) is 0 Å². The molecular formula is C8H15NO5. The summed E-state index contributed by atoms with van der Waals surface area (Å²) in [6.45, 7) is 3.89. The molecule has 0 rings (SSSR count). The second-order valence-electron chi connectivity index (χ2n) is 3.29. The Hall–Kier alpha value is -1.17. The van der Waals surface area contributed by atoms with Crippen molar-refractivity contribution in [2.45, 2.75) is 26.4 Å². The molecule has 0 bridgehead atoms. The van der Waals surface area contributed by atoms with Crippen LogP contribution in [0.5, 0.6) is 0 Å². The van der Waals surface area contributed by atoms with Gasteiger partial charge >= 0.3 is 5.97 Å². The summed E-state index contributed by atoms with van der Waals surface area (Å²) in [6, 6.07) is 0. The summed E-state index contributed by atoms with van der Waals surface area (Å²) in [5, 5.41) is 20.0. The quantitative estimate of drug-likeness (QED) is 0.393. The van der Waals surface area contributed by atoms with Crippen LogP contribution in [0.3, 0.4) is 0 Å². The standard InChI is InChI=1S/C8H15NO5/c1-4-14-7(10)8(11,6(2)3)5-9(12)13/h6,11H,4-5H2,1-3H3/t8-/m1/s1. The highest BCUT2D eigenvalue weighted by atomic mass is 16.6. The molecule has 0 aromatic heterocycles. The lowest BCUT2D eigenvalue weighted by Gasteiger charge is -2.25. The maximum absolute atomic E-state index is 11.3. The maximum atomic E-state index is 11.3. The summed E-state index contributed by atoms with van der Waals surface area (Å²) in [7, 11) is 0. The summed E-state index contributed by atoms with van der Waals surface area (Å²) in [4.78, 5) is 20.8. The monoisotopic (exact) mass is 205 g/mol. The fourth-order valence-corrected chi connectivity index (χ4v) is 0.936. The molecule has 0 fully saturated rings. The molecule has 0 aliphatic rings. The van der Waals surface area contributed by atoms with Gasteiger partial charge in [-0.3, -0.25) is 10.1 Å². The van der Waals surface area contributed by atoms with Crippen molar-refractivity contribution in [1.29, 1.82) is 0 Å². The molecule has 0 saturated heterocycles. The predicted molar refractivity (Wildman–Crippen MR) is 48.3 cm³/mol. The Kier molecular flexibility index (Phi) is 4.49. The van der Waals surface area contributed by atoms with Gasteiger partial charge in [0.05, 0.1) is 6.61 Å². The average Bonchev–Trinajstić information content (AvgIpc) is 2.02. The third-order valence-electron chi connectivity index (χ3n) is 1.95. The van der Waals surface area contributed by atoms with Crippen LogP contribution >= 0.6 is 0 Å². The van der Waals surface area contributed by atoms with E-state index in [1.165, 1.54) is 13.8 Å². The van der Waals surface area contributed by atoms with Crippen molar-refractivity contribution in [1.82, 2.24) is 0 Å². The molecule has 1 atom stereocenters. The molecule has 0 unspecified atom stereocenters. The van der Waals surface area contributed by atoms with Gasteiger partial charge in [-0.2, -0.15) is 0 Å². The number of ether oxygens (including phenoxy) is 1. The zero-order valence-corrected chi connectivity index (χ0v) is 8.52. The highest BCUT2D eigenvalue weighted by Gasteiger charge is 2.46. The summed E-state index contributed by atoms with van der Waals surface area (Å²) in [6.07, 6.45) is 0. The molecule has 0 amide bonds. The van der Waals surface area contributed by atoms with Crippen molar-refractivity contribution in [2.24, 2.45) is 5.92 Å². The molecule has 0 aromatic rings. The van der Waals surface area contributed by atoms with E-state index in [1.54, 1.807) is 6.92 Å². The number of nitro groups is 1. The van der Waals surface area contributed by atoms with E-state index in [0.29, 0.717) is 0 Å². The number of esters is 1. The van der Waals surface area contributed by atoms with Crippen molar-refractivity contribution in [3.05, 3.63) is 10.1 Å². The molecule has 1 N–H and O–H groups in total. The fraction of sp³-hybridized carbons (Fsp3) is 0.875. The Morgan fingerprint density at radius 3 is 2.43 bits per heavy atom. The smallest absolute Gasteiger partial charge is 0.345 e. The molecule has 6 heteroatoms. The fourth-order valence-electron chi connectivity index (χ4n) is 0.936. The number of carbonyl (C=O) groups is 1. The zero-order chi connectivity index (χ0) is 11.4. The summed E-state index contributed by atoms with van der Waals surface area (Å²) < 4.78 is 4.58. The SMILES string of the molecule is CCOC(=O)[C@@](O)(C[N+](=O)[O-])C(C)C. The van der Waals surface area contributed by atoms with E-state index in [4.69, 9.17) is 0 Å². The molecule has 82 valence electrons. The van der Waals surface area contributed by atoms with E-state index >= 15 is 0 Å². The number of hydrogen-bond donors (Lipinski definition) is 1. The average molecular weight is 205 g/mol. The van der Waals surface area contributed by atoms with Crippen molar-refractivity contribution in [3.63, 3.8) is 0 Å². The highest BCUT2D eigenvalue weighted by Crippen LogP contribution is 2.19. The topological polar surface area (TPSA) is 89.7 Å². The number of carbonyl (C=O) groups excluding carboxylic acids is 1. The van der Waals surface area contributed by atoms with Gasteiger partial charge in [0.25, 0.3) is 0 Å². The minimum absolute atomic E-state index is 0.0889. The predicted octanol–water partition coefficient (Wildman–Crippen LogP) is 0.213. The van der Waals surface area contributed by atoms with E-state index in [1.807, 2.05) is 0 Å². The van der Waals surface area contributed by atoms with E-state index in [9.17, 15) is 20.0 Å². The second kappa shape index (κ2) is 4.90. The van der Waals surface area contributed by atoms with Crippen LogP contribution in [0.25, 0.3) is 0 Å². The van der Waals surface area contributed by atoms with Gasteiger partial charge in [0.15, 0.2) is 0 Å². The van der Waals surface area contributed by atoms with Crippen LogP contribution in [0.1, 0.15) is 20.8 Å². The number of nitrogens with zero attached hydrogens (tertiary/aromatic N) is 1. The minimum atomic E-state index is -2.03. The summed E-state index contributed by atoms with van der Waals surface area (Å²) in [5.41, 5.74) is -2.03. The lowest BCUT2D eigenvalue weighted by atomic mass is 9.90. The first-order valence-electron chi connectivity index (χ1n) is 4.36. The maximum Gasteiger partial charge on any atom is 0.345 e. The van der Waals surface area contributed by atoms with E-state index in [0.717, 1.165) is 0 Å². The van der Waals surface area contributed by atoms with Crippen LogP contribution in [0.4, 0.5) is 0 Å². The van der Waals surface area contributed by atoms with Crippen LogP contribution in [0.15, 0.2) is 0 Å². The normalized spacial score (nSPS) is 14.9. The van der Waals surface area contributed by atoms with Gasteiger partial charge in [-0.15, -0.1) is 0 Å². The zero-order valence-electron chi connectivity index (χ0n) is 8.52. The van der Waals surface area contributed by atoms with Crippen molar-refractivity contribution in [3.8, 4) is 0 Å². The number of aliphatic hydroxyl groups is 1. The number of rotatable bonds is 5. The molecule has 6 nitrogen and oxygen atoms in total. The van der Waals surface area contributed by atoms with E-state index in [-0.39, 0.29) is 6.61 Å². The molecule has 0 aliphatic carbocycles. The first kappa shape index (κ1) is 12.8. The van der Waals surface area contributed by atoms with Gasteiger partial charge in [-0.25, -0.2) is 4.79 Å². The van der Waals surface area contributed by atoms with Crippen LogP contribution in [-0.4, -0.2) is 34.8 Å². The lowest BCUT2D eigenvalue weighted by molar-refractivity contribution is -0.499. The molecule has 0 saturated carbocycles. The third-order valence-corrected chi connectivity index (χ3v) is 1.95. The molecule has 0 radical (unpaired) electrons. The largest absolute Gasteiger partial charge is 0.464 e. The van der Waals surface area contributed by atoms with Gasteiger partial charge in [0.1, 0.15) is 0 Å². The van der Waals surface area contributed by atoms with Gasteiger partial charge < -0.3 is 9.84 Å². The third kappa shape index (κ3) is 2.95. The highest BCUT2D eigenvalue weighted by molar-refractivity contribution is 5.79. The van der Waals surface area contributed by atoms with Gasteiger partial charge in [-0.05, 0) is 12.8 Å². The Morgan fingerprint density at radius 1 is 1.64 bits per heavy atom. The van der Waals surface area contributed by atoms with Crippen molar-refractivity contribution >= 4 is 5.97 Å². The second-order valence-corrected chi connectivity index (χ2v) is 3.29. The van der Waals surface area contributed by atoms with E-state index in [2.05, 4.69) is 4.74 Å². The Labute approximate surface area is 82.0 Å². The molecular weight excluding hydrogens is 190 g/mol. The number of hydrogen-bond acceptors (Lipinski definition) is 5. The van der Waals surface area contributed by atoms with E-state index < -0.39 is 29.0 Å². The Balaban J connectivity index is 4.70. The molecule has 14 heavy (non-hydrogen) atoms. The van der Waals surface area contributed by atoms with Gasteiger partial charge in [0, 0.05) is 4.92 Å². The van der Waals surface area contributed by atoms with Gasteiger partial charge in [0.2, 0.25) is 12.1 Å². The van der Waals surface area contributed by atoms with Crippen LogP contribution < -0.4 is 0 Å². The van der Waals surface area contributed by atoms with Crippen molar-refractivity contribution in [2.75, 3.05) is 13.2 Å². The summed E-state index contributed by atoms with van der Waals surface area (Å²) >= 11 is 0. The van der Waals surface area contributed by atoms with Gasteiger partial charge in [-0.1, -0.05) is 13.8 Å². The molecule has 0 aliphatic heterocycles. The van der Waals surface area contributed by atoms with Crippen LogP contribution in [-0.2, 0) is 9.53 Å². The minimum Gasteiger partial charge on any atom is -0.464 e. The summed E-state index contributed by atoms with van der Waals surface area (Å²) in [5.74, 6) is -1.50. The first-order valence-corrected chi connectivity index (χ1v) is 4.36. The Bertz CT molecular complexity index is 228.